The average molecular weight is 394 g/mol. The molecule has 27 heavy (non-hydrogen) atoms. The van der Waals surface area contributed by atoms with E-state index in [4.69, 9.17) is 30.2 Å². The smallest absolute Gasteiger partial charge is 0.225 e. The molecule has 0 amide bonds. The maximum atomic E-state index is 14.4. The molecule has 0 unspecified atom stereocenters. The Kier molecular flexibility index (Phi) is 5.38. The zero-order valence-corrected chi connectivity index (χ0v) is 15.0. The summed E-state index contributed by atoms with van der Waals surface area (Å²) in [6, 6.07) is 6.52. The molecule has 1 aliphatic heterocycles. The molecule has 1 aliphatic rings. The highest BCUT2D eigenvalue weighted by Gasteiger charge is 2.19. The lowest BCUT2D eigenvalue weighted by atomic mass is 10.2. The third-order valence-corrected chi connectivity index (χ3v) is 4.22. The van der Waals surface area contributed by atoms with Crippen LogP contribution in [0.5, 0.6) is 5.75 Å². The number of hydrogen-bond donors (Lipinski definition) is 1. The van der Waals surface area contributed by atoms with E-state index in [9.17, 15) is 4.39 Å². The molecule has 4 rings (SSSR count). The van der Waals surface area contributed by atoms with E-state index in [0.717, 1.165) is 5.76 Å². The van der Waals surface area contributed by atoms with Crippen LogP contribution < -0.4 is 10.1 Å². The van der Waals surface area contributed by atoms with Crippen molar-refractivity contribution in [2.24, 2.45) is 0 Å². The quantitative estimate of drug-likeness (QED) is 0.643. The fourth-order valence-electron chi connectivity index (χ4n) is 2.78. The summed E-state index contributed by atoms with van der Waals surface area (Å²) >= 11 is 6.05. The molecule has 142 valence electrons. The van der Waals surface area contributed by atoms with Gasteiger partial charge in [-0.25, -0.2) is 14.4 Å². The van der Waals surface area contributed by atoms with Crippen LogP contribution in [0, 0.1) is 5.82 Å². The van der Waals surface area contributed by atoms with E-state index >= 15 is 0 Å². The maximum Gasteiger partial charge on any atom is 0.225 e. The summed E-state index contributed by atoms with van der Waals surface area (Å²) < 4.78 is 36.2. The second-order valence-corrected chi connectivity index (χ2v) is 6.26. The van der Waals surface area contributed by atoms with Gasteiger partial charge in [-0.15, -0.1) is 0 Å². The van der Waals surface area contributed by atoms with Crippen LogP contribution in [0.25, 0.3) is 10.9 Å². The SMILES string of the molecule is Fc1ccc2c(NCc3ccco3)nc(Cl)nc2c1OC[C@@H]1COCCO1. The summed E-state index contributed by atoms with van der Waals surface area (Å²) in [7, 11) is 0. The average Bonchev–Trinajstić information content (AvgIpc) is 3.19. The maximum absolute atomic E-state index is 14.4. The van der Waals surface area contributed by atoms with Gasteiger partial charge in [0.1, 0.15) is 29.8 Å². The van der Waals surface area contributed by atoms with Gasteiger partial charge in [0.05, 0.1) is 32.6 Å². The highest BCUT2D eigenvalue weighted by molar-refractivity contribution is 6.29. The Labute approximate surface area is 159 Å². The molecule has 1 saturated heterocycles. The fourth-order valence-corrected chi connectivity index (χ4v) is 2.95. The fraction of sp³-hybridized carbons (Fsp3) is 0.333. The third-order valence-electron chi connectivity index (χ3n) is 4.06. The minimum atomic E-state index is -0.536. The predicted molar refractivity (Wildman–Crippen MR) is 96.6 cm³/mol. The van der Waals surface area contributed by atoms with E-state index in [-0.39, 0.29) is 29.3 Å². The summed E-state index contributed by atoms with van der Waals surface area (Å²) in [4.78, 5) is 8.36. The molecule has 1 N–H and O–H groups in total. The van der Waals surface area contributed by atoms with Gasteiger partial charge < -0.3 is 23.9 Å². The molecule has 0 radical (unpaired) electrons. The summed E-state index contributed by atoms with van der Waals surface area (Å²) in [6.07, 6.45) is 1.32. The molecule has 2 aromatic heterocycles. The van der Waals surface area contributed by atoms with Crippen LogP contribution in [0.15, 0.2) is 34.9 Å². The van der Waals surface area contributed by atoms with Crippen LogP contribution in [0.1, 0.15) is 5.76 Å². The number of halogens is 2. The summed E-state index contributed by atoms with van der Waals surface area (Å²) in [5.74, 6) is 0.660. The molecule has 0 aliphatic carbocycles. The van der Waals surface area contributed by atoms with Crippen molar-refractivity contribution in [2.45, 2.75) is 12.6 Å². The Morgan fingerprint density at radius 2 is 2.19 bits per heavy atom. The number of hydrogen-bond acceptors (Lipinski definition) is 7. The van der Waals surface area contributed by atoms with E-state index < -0.39 is 5.82 Å². The molecule has 0 spiro atoms. The highest BCUT2D eigenvalue weighted by atomic mass is 35.5. The first-order chi connectivity index (χ1) is 13.2. The van der Waals surface area contributed by atoms with E-state index in [0.29, 0.717) is 37.6 Å². The number of fused-ring (bicyclic) bond motifs is 1. The normalized spacial score (nSPS) is 17.2. The number of anilines is 1. The van der Waals surface area contributed by atoms with Crippen molar-refractivity contribution in [1.82, 2.24) is 9.97 Å². The second-order valence-electron chi connectivity index (χ2n) is 5.93. The Hall–Kier alpha value is -2.42. The van der Waals surface area contributed by atoms with Crippen molar-refractivity contribution < 1.29 is 23.0 Å². The van der Waals surface area contributed by atoms with Crippen LogP contribution in [0.4, 0.5) is 10.2 Å². The summed E-state index contributed by atoms with van der Waals surface area (Å²) in [6.45, 7) is 1.98. The Morgan fingerprint density at radius 1 is 1.26 bits per heavy atom. The van der Waals surface area contributed by atoms with Crippen LogP contribution >= 0.6 is 11.6 Å². The lowest BCUT2D eigenvalue weighted by molar-refractivity contribution is -0.101. The summed E-state index contributed by atoms with van der Waals surface area (Å²) in [5.41, 5.74) is 0.286. The van der Waals surface area contributed by atoms with Gasteiger partial charge in [-0.2, -0.15) is 0 Å². The van der Waals surface area contributed by atoms with Crippen molar-refractivity contribution in [2.75, 3.05) is 31.7 Å². The molecule has 7 nitrogen and oxygen atoms in total. The minimum Gasteiger partial charge on any atom is -0.485 e. The van der Waals surface area contributed by atoms with Crippen LogP contribution in [-0.2, 0) is 16.0 Å². The van der Waals surface area contributed by atoms with Gasteiger partial charge in [-0.05, 0) is 35.9 Å². The molecule has 1 atom stereocenters. The zero-order chi connectivity index (χ0) is 18.6. The van der Waals surface area contributed by atoms with Gasteiger partial charge in [-0.1, -0.05) is 0 Å². The van der Waals surface area contributed by atoms with Crippen LogP contribution in [0.2, 0.25) is 5.28 Å². The lowest BCUT2D eigenvalue weighted by Crippen LogP contribution is -2.33. The topological polar surface area (TPSA) is 78.6 Å². The van der Waals surface area contributed by atoms with Crippen LogP contribution in [0.3, 0.4) is 0 Å². The van der Waals surface area contributed by atoms with Gasteiger partial charge in [-0.3, -0.25) is 0 Å². The largest absolute Gasteiger partial charge is 0.485 e. The molecule has 1 aromatic carbocycles. The van der Waals surface area contributed by atoms with E-state index in [1.165, 1.54) is 6.07 Å². The molecule has 3 aromatic rings. The van der Waals surface area contributed by atoms with Crippen molar-refractivity contribution >= 4 is 28.3 Å². The van der Waals surface area contributed by atoms with Gasteiger partial charge >= 0.3 is 0 Å². The number of nitrogens with one attached hydrogen (secondary N) is 1. The minimum absolute atomic E-state index is 0.00650. The van der Waals surface area contributed by atoms with Gasteiger partial charge in [0.25, 0.3) is 0 Å². The number of furan rings is 1. The van der Waals surface area contributed by atoms with E-state index in [1.807, 2.05) is 6.07 Å². The molecule has 9 heteroatoms. The van der Waals surface area contributed by atoms with Crippen molar-refractivity contribution in [3.63, 3.8) is 0 Å². The second kappa shape index (κ2) is 8.08. The van der Waals surface area contributed by atoms with Crippen molar-refractivity contribution in [3.05, 3.63) is 47.4 Å². The van der Waals surface area contributed by atoms with Gasteiger partial charge in [0.2, 0.25) is 5.28 Å². The first kappa shape index (κ1) is 18.0. The van der Waals surface area contributed by atoms with Gasteiger partial charge in [0, 0.05) is 5.39 Å². The Bertz CT molecular complexity index is 917. The van der Waals surface area contributed by atoms with E-state index in [1.54, 1.807) is 18.4 Å². The van der Waals surface area contributed by atoms with Gasteiger partial charge in [0.15, 0.2) is 11.6 Å². The first-order valence-electron chi connectivity index (χ1n) is 8.45. The molecule has 3 heterocycles. The zero-order valence-electron chi connectivity index (χ0n) is 14.3. The third kappa shape index (κ3) is 4.13. The van der Waals surface area contributed by atoms with E-state index in [2.05, 4.69) is 15.3 Å². The molecule has 1 fully saturated rings. The first-order valence-corrected chi connectivity index (χ1v) is 8.82. The monoisotopic (exact) mass is 393 g/mol. The molecule has 0 bridgehead atoms. The summed E-state index contributed by atoms with van der Waals surface area (Å²) in [5, 5.41) is 3.70. The molecule has 0 saturated carbocycles. The van der Waals surface area contributed by atoms with Crippen LogP contribution in [-0.4, -0.2) is 42.5 Å². The Morgan fingerprint density at radius 3 is 2.96 bits per heavy atom. The lowest BCUT2D eigenvalue weighted by Gasteiger charge is -2.23. The predicted octanol–water partition coefficient (Wildman–Crippen LogP) is 3.42. The number of nitrogens with zero attached hydrogens (tertiary/aromatic N) is 2. The van der Waals surface area contributed by atoms with Crippen molar-refractivity contribution in [1.29, 1.82) is 0 Å². The standard InChI is InChI=1S/C18H17ClFN3O4/c19-18-22-15-13(17(23-18)21-8-11-2-1-5-25-11)3-4-14(20)16(15)27-10-12-9-24-6-7-26-12/h1-5,12H,6-10H2,(H,21,22,23)/t12-/m0/s1. The number of benzene rings is 1. The highest BCUT2D eigenvalue weighted by Crippen LogP contribution is 2.32. The number of ether oxygens (including phenoxy) is 3. The Balaban J connectivity index is 1.61. The number of rotatable bonds is 6. The molecular weight excluding hydrogens is 377 g/mol. The number of aromatic nitrogens is 2. The van der Waals surface area contributed by atoms with Crippen molar-refractivity contribution in [3.8, 4) is 5.75 Å². The molecular formula is C18H17ClFN3O4.